The summed E-state index contributed by atoms with van der Waals surface area (Å²) in [6.07, 6.45) is 0. The maximum atomic E-state index is 14.5. The van der Waals surface area contributed by atoms with E-state index in [0.717, 1.165) is 12.1 Å². The highest BCUT2D eigenvalue weighted by Gasteiger charge is 2.28. The van der Waals surface area contributed by atoms with Gasteiger partial charge >= 0.3 is 0 Å². The van der Waals surface area contributed by atoms with Crippen molar-refractivity contribution in [3.8, 4) is 22.3 Å². The Morgan fingerprint density at radius 2 is 0.550 bits per heavy atom. The second kappa shape index (κ2) is 8.97. The Morgan fingerprint density at radius 1 is 0.275 bits per heavy atom. The van der Waals surface area contributed by atoms with E-state index in [4.69, 9.17) is 0 Å². The van der Waals surface area contributed by atoms with Gasteiger partial charge in [-0.25, -0.2) is 43.9 Å². The average Bonchev–Trinajstić information content (AvgIpc) is 2.97. The fraction of sp³-hybridized carbons (Fsp3) is 0. The van der Waals surface area contributed by atoms with Crippen molar-refractivity contribution in [1.82, 2.24) is 0 Å². The second-order valence-electron chi connectivity index (χ2n) is 8.96. The second-order valence-corrected chi connectivity index (χ2v) is 8.96. The number of halogens is 10. The van der Waals surface area contributed by atoms with Crippen LogP contribution in [-0.2, 0) is 0 Å². The fourth-order valence-electron chi connectivity index (χ4n) is 4.98. The quantitative estimate of drug-likeness (QED) is 0.0856. The van der Waals surface area contributed by atoms with Crippen LogP contribution in [0.4, 0.5) is 43.9 Å². The molecule has 0 aliphatic rings. The summed E-state index contributed by atoms with van der Waals surface area (Å²) < 4.78 is 141. The minimum absolute atomic E-state index is 0.303. The Balaban J connectivity index is 1.67. The van der Waals surface area contributed by atoms with Gasteiger partial charge in [0.15, 0.2) is 46.5 Å². The molecule has 0 spiro atoms. The first-order chi connectivity index (χ1) is 19.0. The van der Waals surface area contributed by atoms with Crippen LogP contribution >= 0.6 is 0 Å². The Bertz CT molecular complexity index is 1840. The largest absolute Gasteiger partial charge is 0.203 e. The summed E-state index contributed by atoms with van der Waals surface area (Å²) >= 11 is 0. The molecule has 0 atom stereocenters. The number of hydrogen-bond acceptors (Lipinski definition) is 0. The number of rotatable bonds is 2. The van der Waals surface area contributed by atoms with Crippen LogP contribution in [0.1, 0.15) is 0 Å². The molecule has 0 heterocycles. The maximum absolute atomic E-state index is 14.5. The van der Waals surface area contributed by atoms with Gasteiger partial charge in [0.2, 0.25) is 11.6 Å². The lowest BCUT2D eigenvalue weighted by molar-refractivity contribution is 0.381. The van der Waals surface area contributed by atoms with Gasteiger partial charge in [-0.1, -0.05) is 48.5 Å². The van der Waals surface area contributed by atoms with Gasteiger partial charge in [-0.2, -0.15) is 0 Å². The van der Waals surface area contributed by atoms with Crippen molar-refractivity contribution in [2.45, 2.75) is 0 Å². The van der Waals surface area contributed by atoms with E-state index in [0.29, 0.717) is 32.3 Å². The molecule has 0 aliphatic heterocycles. The molecule has 0 amide bonds. The first kappa shape index (κ1) is 25.7. The molecular weight excluding hydrogens is 550 g/mol. The molecule has 0 unspecified atom stereocenters. The highest BCUT2D eigenvalue weighted by Crippen LogP contribution is 2.41. The van der Waals surface area contributed by atoms with Crippen LogP contribution in [0.3, 0.4) is 0 Å². The molecule has 200 valence electrons. The highest BCUT2D eigenvalue weighted by atomic mass is 19.2. The minimum atomic E-state index is -2.29. The van der Waals surface area contributed by atoms with Gasteiger partial charge in [0.05, 0.1) is 11.1 Å². The molecule has 0 saturated carbocycles. The lowest BCUT2D eigenvalue weighted by Gasteiger charge is -2.15. The molecule has 0 bridgehead atoms. The Hall–Kier alpha value is -4.60. The van der Waals surface area contributed by atoms with Crippen LogP contribution in [0.25, 0.3) is 54.6 Å². The zero-order chi connectivity index (χ0) is 28.6. The fourth-order valence-corrected chi connectivity index (χ4v) is 4.98. The number of hydrogen-bond donors (Lipinski definition) is 0. The summed E-state index contributed by atoms with van der Waals surface area (Å²) in [7, 11) is 0. The SMILES string of the molecule is Fc1c(F)c(F)c(-c2ccc3c4ccc(-c5c(F)c(F)c(F)c(F)c5F)cc4c4ccccc4c3c2)c(F)c1F. The zero-order valence-corrected chi connectivity index (χ0v) is 19.6. The van der Waals surface area contributed by atoms with Crippen molar-refractivity contribution in [2.75, 3.05) is 0 Å². The first-order valence-electron chi connectivity index (χ1n) is 11.4. The molecule has 40 heavy (non-hydrogen) atoms. The van der Waals surface area contributed by atoms with Crippen LogP contribution in [0.15, 0.2) is 60.7 Å². The average molecular weight is 560 g/mol. The van der Waals surface area contributed by atoms with E-state index >= 15 is 0 Å². The van der Waals surface area contributed by atoms with Gasteiger partial charge in [-0.05, 0) is 55.6 Å². The van der Waals surface area contributed by atoms with Gasteiger partial charge < -0.3 is 0 Å². The van der Waals surface area contributed by atoms with Gasteiger partial charge in [0, 0.05) is 0 Å². The molecular formula is C30H10F10. The summed E-state index contributed by atoms with van der Waals surface area (Å²) in [5.41, 5.74) is -2.85. The summed E-state index contributed by atoms with van der Waals surface area (Å²) in [5, 5.41) is 2.37. The number of benzene rings is 6. The van der Waals surface area contributed by atoms with Gasteiger partial charge in [-0.15, -0.1) is 0 Å². The monoisotopic (exact) mass is 560 g/mol. The lowest BCUT2D eigenvalue weighted by Crippen LogP contribution is -2.04. The van der Waals surface area contributed by atoms with Crippen LogP contribution in [0, 0.1) is 58.2 Å². The highest BCUT2D eigenvalue weighted by molar-refractivity contribution is 6.26. The van der Waals surface area contributed by atoms with E-state index in [9.17, 15) is 43.9 Å². The molecule has 0 nitrogen and oxygen atoms in total. The molecule has 6 aromatic rings. The van der Waals surface area contributed by atoms with E-state index in [2.05, 4.69) is 0 Å². The van der Waals surface area contributed by atoms with E-state index in [1.807, 2.05) is 0 Å². The lowest BCUT2D eigenvalue weighted by atomic mass is 9.90. The molecule has 0 fully saturated rings. The number of fused-ring (bicyclic) bond motifs is 6. The Morgan fingerprint density at radius 3 is 0.875 bits per heavy atom. The van der Waals surface area contributed by atoms with Crippen molar-refractivity contribution in [1.29, 1.82) is 0 Å². The smallest absolute Gasteiger partial charge is 0.200 e. The summed E-state index contributed by atoms with van der Waals surface area (Å²) in [4.78, 5) is 0. The third-order valence-corrected chi connectivity index (χ3v) is 6.83. The van der Waals surface area contributed by atoms with Crippen LogP contribution < -0.4 is 0 Å². The Labute approximate surface area is 217 Å². The van der Waals surface area contributed by atoms with E-state index < -0.39 is 69.3 Å². The van der Waals surface area contributed by atoms with Crippen molar-refractivity contribution in [3.63, 3.8) is 0 Å². The third kappa shape index (κ3) is 3.48. The maximum Gasteiger partial charge on any atom is 0.200 e. The molecule has 6 rings (SSSR count). The van der Waals surface area contributed by atoms with Crippen molar-refractivity contribution >= 4 is 32.3 Å². The van der Waals surface area contributed by atoms with Crippen molar-refractivity contribution in [2.24, 2.45) is 0 Å². The minimum Gasteiger partial charge on any atom is -0.203 e. The Kier molecular flexibility index (Phi) is 5.76. The van der Waals surface area contributed by atoms with Crippen LogP contribution in [0.5, 0.6) is 0 Å². The molecule has 0 saturated heterocycles. The summed E-state index contributed by atoms with van der Waals surface area (Å²) in [5.74, 6) is -21.0. The van der Waals surface area contributed by atoms with Gasteiger partial charge in [0.1, 0.15) is 0 Å². The van der Waals surface area contributed by atoms with Crippen LogP contribution in [0.2, 0.25) is 0 Å². The first-order valence-corrected chi connectivity index (χ1v) is 11.4. The van der Waals surface area contributed by atoms with E-state index in [1.54, 1.807) is 24.3 Å². The van der Waals surface area contributed by atoms with E-state index in [1.165, 1.54) is 24.3 Å². The predicted molar refractivity (Wildman–Crippen MR) is 129 cm³/mol. The molecule has 0 radical (unpaired) electrons. The normalized spacial score (nSPS) is 11.8. The summed E-state index contributed by atoms with van der Waals surface area (Å²) in [6.45, 7) is 0. The third-order valence-electron chi connectivity index (χ3n) is 6.83. The van der Waals surface area contributed by atoms with Crippen molar-refractivity contribution < 1.29 is 43.9 Å². The van der Waals surface area contributed by atoms with E-state index in [-0.39, 0.29) is 11.1 Å². The standard InChI is InChI=1S/C30H10F10/c31-21-19(22(32)26(36)29(39)25(21)35)11-5-7-15-16-8-6-12(20-23(33)27(37)30(40)28(38)24(20)34)10-18(16)14-4-2-1-3-13(14)17(15)9-11/h1-10H. The molecule has 10 heteroatoms. The summed E-state index contributed by atoms with van der Waals surface area (Å²) in [6, 6.07) is 13.9. The van der Waals surface area contributed by atoms with Gasteiger partial charge in [0.25, 0.3) is 0 Å². The predicted octanol–water partition coefficient (Wildman–Crippen LogP) is 9.87. The van der Waals surface area contributed by atoms with Gasteiger partial charge in [-0.3, -0.25) is 0 Å². The zero-order valence-electron chi connectivity index (χ0n) is 19.6. The topological polar surface area (TPSA) is 0 Å². The van der Waals surface area contributed by atoms with Crippen molar-refractivity contribution in [3.05, 3.63) is 119 Å². The molecule has 0 aromatic heterocycles. The molecule has 6 aromatic carbocycles. The van der Waals surface area contributed by atoms with Crippen LogP contribution in [-0.4, -0.2) is 0 Å². The molecule has 0 aliphatic carbocycles. The molecule has 0 N–H and O–H groups in total.